The molecule has 1 fully saturated rings. The predicted octanol–water partition coefficient (Wildman–Crippen LogP) is 3.50. The number of sulfonamides is 2. The Balaban J connectivity index is 1.94. The summed E-state index contributed by atoms with van der Waals surface area (Å²) in [6.45, 7) is 3.09. The van der Waals surface area contributed by atoms with Crippen LogP contribution in [0.15, 0.2) is 47.4 Å². The Hall–Kier alpha value is -1.81. The number of hydrogen-bond acceptors (Lipinski definition) is 5. The molecule has 7 nitrogen and oxygen atoms in total. The highest BCUT2D eigenvalue weighted by molar-refractivity contribution is 7.94. The van der Waals surface area contributed by atoms with Crippen LogP contribution in [-0.4, -0.2) is 28.5 Å². The van der Waals surface area contributed by atoms with E-state index in [1.807, 2.05) is 0 Å². The number of benzene rings is 2. The number of carbonyl (C=O) groups is 1. The fraction of sp³-hybridized carbons (Fsp3) is 0.235. The molecular formula is C17H16Cl2N2O5S2. The van der Waals surface area contributed by atoms with E-state index in [0.717, 1.165) is 0 Å². The second-order valence-electron chi connectivity index (χ2n) is 6.91. The Morgan fingerprint density at radius 3 is 2.04 bits per heavy atom. The minimum Gasteiger partial charge on any atom is -0.277 e. The number of anilines is 2. The lowest BCUT2D eigenvalue weighted by Gasteiger charge is -2.18. The van der Waals surface area contributed by atoms with E-state index in [1.165, 1.54) is 36.4 Å². The van der Waals surface area contributed by atoms with Crippen LogP contribution in [0.1, 0.15) is 13.8 Å². The summed E-state index contributed by atoms with van der Waals surface area (Å²) in [4.78, 5) is 12.3. The topological polar surface area (TPSA) is 101 Å². The molecule has 1 N–H and O–H groups in total. The molecular weight excluding hydrogens is 447 g/mol. The minimum atomic E-state index is -4.04. The molecule has 1 saturated heterocycles. The van der Waals surface area contributed by atoms with Gasteiger partial charge in [-0.05, 0) is 50.2 Å². The number of rotatable bonds is 4. The summed E-state index contributed by atoms with van der Waals surface area (Å²) >= 11 is 12.0. The van der Waals surface area contributed by atoms with E-state index in [2.05, 4.69) is 4.72 Å². The first-order valence-corrected chi connectivity index (χ1v) is 11.8. The lowest BCUT2D eigenvalue weighted by Crippen LogP contribution is -2.32. The van der Waals surface area contributed by atoms with Gasteiger partial charge in [0.25, 0.3) is 10.0 Å². The van der Waals surface area contributed by atoms with Gasteiger partial charge in [0.2, 0.25) is 15.9 Å². The van der Waals surface area contributed by atoms with Crippen molar-refractivity contribution < 1.29 is 21.6 Å². The quantitative estimate of drug-likeness (QED) is 0.748. The summed E-state index contributed by atoms with van der Waals surface area (Å²) in [5, 5.41) is 0.257. The molecule has 1 aliphatic heterocycles. The molecule has 28 heavy (non-hydrogen) atoms. The monoisotopic (exact) mass is 462 g/mol. The van der Waals surface area contributed by atoms with Crippen LogP contribution in [0.3, 0.4) is 0 Å². The SMILES string of the molecule is CC1(C)CS(=O)(=O)N(c2ccc(S(=O)(=O)Nc3c(Cl)cccc3Cl)cc2)C1=O. The summed E-state index contributed by atoms with van der Waals surface area (Å²) in [5.41, 5.74) is -0.939. The number of para-hydroxylation sites is 1. The van der Waals surface area contributed by atoms with Crippen molar-refractivity contribution in [2.45, 2.75) is 18.7 Å². The Kier molecular flexibility index (Phi) is 5.16. The van der Waals surface area contributed by atoms with Crippen molar-refractivity contribution in [3.63, 3.8) is 0 Å². The van der Waals surface area contributed by atoms with Crippen LogP contribution in [0.25, 0.3) is 0 Å². The summed E-state index contributed by atoms with van der Waals surface area (Å²) < 4.78 is 52.9. The zero-order valence-electron chi connectivity index (χ0n) is 14.8. The molecule has 0 spiro atoms. The fourth-order valence-electron chi connectivity index (χ4n) is 2.81. The maximum Gasteiger partial charge on any atom is 0.261 e. The largest absolute Gasteiger partial charge is 0.277 e. The second-order valence-corrected chi connectivity index (χ2v) is 11.2. The Morgan fingerprint density at radius 1 is 1.04 bits per heavy atom. The highest BCUT2D eigenvalue weighted by atomic mass is 35.5. The molecule has 11 heteroatoms. The van der Waals surface area contributed by atoms with Gasteiger partial charge in [0.15, 0.2) is 0 Å². The minimum absolute atomic E-state index is 0.0361. The highest BCUT2D eigenvalue weighted by Crippen LogP contribution is 2.36. The van der Waals surface area contributed by atoms with Crippen molar-refractivity contribution in [2.75, 3.05) is 14.8 Å². The molecule has 1 aliphatic rings. The molecule has 3 rings (SSSR count). The normalized spacial score (nSPS) is 18.3. The molecule has 0 radical (unpaired) electrons. The number of nitrogens with one attached hydrogen (secondary N) is 1. The number of nitrogens with zero attached hydrogens (tertiary/aromatic N) is 1. The van der Waals surface area contributed by atoms with Crippen LogP contribution < -0.4 is 9.03 Å². The van der Waals surface area contributed by atoms with Gasteiger partial charge in [0.05, 0.1) is 37.5 Å². The van der Waals surface area contributed by atoms with Gasteiger partial charge in [0.1, 0.15) is 0 Å². The van der Waals surface area contributed by atoms with Gasteiger partial charge in [-0.2, -0.15) is 0 Å². The molecule has 150 valence electrons. The molecule has 0 saturated carbocycles. The first kappa shape index (κ1) is 20.9. The van der Waals surface area contributed by atoms with Gasteiger partial charge in [-0.1, -0.05) is 29.3 Å². The Labute approximate surface area is 173 Å². The number of halogens is 2. The van der Waals surface area contributed by atoms with Gasteiger partial charge in [-0.25, -0.2) is 21.1 Å². The highest BCUT2D eigenvalue weighted by Gasteiger charge is 2.49. The van der Waals surface area contributed by atoms with Gasteiger partial charge < -0.3 is 0 Å². The predicted molar refractivity (Wildman–Crippen MR) is 109 cm³/mol. The maximum atomic E-state index is 12.6. The van der Waals surface area contributed by atoms with Gasteiger partial charge in [0, 0.05) is 0 Å². The van der Waals surface area contributed by atoms with Crippen molar-refractivity contribution in [1.29, 1.82) is 0 Å². The van der Waals surface area contributed by atoms with Crippen molar-refractivity contribution in [1.82, 2.24) is 0 Å². The molecule has 0 aliphatic carbocycles. The first-order chi connectivity index (χ1) is 12.8. The van der Waals surface area contributed by atoms with Crippen LogP contribution in [0, 0.1) is 5.41 Å². The second kappa shape index (κ2) is 6.91. The van der Waals surface area contributed by atoms with Crippen LogP contribution in [0.2, 0.25) is 10.0 Å². The zero-order chi connectivity index (χ0) is 20.9. The summed E-state index contributed by atoms with van der Waals surface area (Å²) in [5.74, 6) is -0.880. The first-order valence-electron chi connectivity index (χ1n) is 7.99. The Morgan fingerprint density at radius 2 is 1.57 bits per heavy atom. The molecule has 1 heterocycles. The van der Waals surface area contributed by atoms with Gasteiger partial charge >= 0.3 is 0 Å². The van der Waals surface area contributed by atoms with Crippen molar-refractivity contribution in [2.24, 2.45) is 5.41 Å². The summed E-state index contributed by atoms with van der Waals surface area (Å²) in [6.07, 6.45) is 0. The van der Waals surface area contributed by atoms with Gasteiger partial charge in [-0.15, -0.1) is 0 Å². The molecule has 2 aromatic carbocycles. The lowest BCUT2D eigenvalue weighted by molar-refractivity contribution is -0.123. The third-order valence-electron chi connectivity index (χ3n) is 4.17. The van der Waals surface area contributed by atoms with Crippen LogP contribution in [0.4, 0.5) is 11.4 Å². The smallest absolute Gasteiger partial charge is 0.261 e. The standard InChI is InChI=1S/C17H16Cl2N2O5S2/c1-17(2)10-27(23,24)21(16(17)22)11-6-8-12(9-7-11)28(25,26)20-15-13(18)4-3-5-14(15)19/h3-9,20H,10H2,1-2H3. The molecule has 0 unspecified atom stereocenters. The van der Waals surface area contributed by atoms with E-state index >= 15 is 0 Å². The number of carbonyl (C=O) groups excluding carboxylic acids is 1. The number of amides is 1. The van der Waals surface area contributed by atoms with Crippen molar-refractivity contribution in [3.8, 4) is 0 Å². The summed E-state index contributed by atoms with van der Waals surface area (Å²) in [7, 11) is -7.86. The van der Waals surface area contributed by atoms with E-state index in [0.29, 0.717) is 4.31 Å². The zero-order valence-corrected chi connectivity index (χ0v) is 18.0. The molecule has 0 bridgehead atoms. The van der Waals surface area contributed by atoms with E-state index in [1.54, 1.807) is 19.9 Å². The Bertz CT molecular complexity index is 1140. The molecule has 0 aromatic heterocycles. The maximum absolute atomic E-state index is 12.6. The fourth-order valence-corrected chi connectivity index (χ4v) is 6.62. The van der Waals surface area contributed by atoms with Crippen molar-refractivity contribution >= 4 is 60.5 Å². The average Bonchev–Trinajstić information content (AvgIpc) is 2.74. The molecule has 1 amide bonds. The van der Waals surface area contributed by atoms with E-state index in [4.69, 9.17) is 23.2 Å². The third-order valence-corrected chi connectivity index (χ3v) is 8.18. The lowest BCUT2D eigenvalue weighted by atomic mass is 9.95. The average molecular weight is 463 g/mol. The van der Waals surface area contributed by atoms with Crippen LogP contribution in [-0.2, 0) is 24.8 Å². The van der Waals surface area contributed by atoms with Crippen LogP contribution >= 0.6 is 23.2 Å². The van der Waals surface area contributed by atoms with Crippen LogP contribution in [0.5, 0.6) is 0 Å². The van der Waals surface area contributed by atoms with E-state index in [-0.39, 0.29) is 32.1 Å². The van der Waals surface area contributed by atoms with E-state index < -0.39 is 31.4 Å². The molecule has 0 atom stereocenters. The summed E-state index contributed by atoms with van der Waals surface area (Å²) in [6, 6.07) is 9.48. The third kappa shape index (κ3) is 3.71. The van der Waals surface area contributed by atoms with E-state index in [9.17, 15) is 21.6 Å². The number of hydrogen-bond donors (Lipinski definition) is 1. The van der Waals surface area contributed by atoms with Crippen molar-refractivity contribution in [3.05, 3.63) is 52.5 Å². The molecule has 2 aromatic rings. The van der Waals surface area contributed by atoms with Gasteiger partial charge in [-0.3, -0.25) is 9.52 Å².